The van der Waals surface area contributed by atoms with Crippen LogP contribution in [0.15, 0.2) is 0 Å². The zero-order valence-corrected chi connectivity index (χ0v) is 14.4. The van der Waals surface area contributed by atoms with E-state index in [4.69, 9.17) is 0 Å². The van der Waals surface area contributed by atoms with Crippen molar-refractivity contribution in [2.24, 2.45) is 0 Å². The molecule has 0 aromatic carbocycles. The summed E-state index contributed by atoms with van der Waals surface area (Å²) in [6, 6.07) is 0. The van der Waals surface area contributed by atoms with Crippen LogP contribution in [0.25, 0.3) is 0 Å². The molecule has 0 fully saturated rings. The van der Waals surface area contributed by atoms with Gasteiger partial charge in [-0.15, -0.1) is 0 Å². The first-order valence-electron chi connectivity index (χ1n) is 7.54. The molecule has 0 spiro atoms. The van der Waals surface area contributed by atoms with Crippen LogP contribution in [0.5, 0.6) is 0 Å². The molecule has 0 N–H and O–H groups in total. The maximum atomic E-state index is 11.2. The van der Waals surface area contributed by atoms with Gasteiger partial charge in [0.15, 0.2) is 0 Å². The molecule has 0 rings (SSSR count). The second-order valence-electron chi connectivity index (χ2n) is 5.25. The van der Waals surface area contributed by atoms with E-state index in [2.05, 4.69) is 13.8 Å². The Kier molecular flexibility index (Phi) is 15.8. The number of hydrogen-bond donors (Lipinski definition) is 0. The Morgan fingerprint density at radius 2 is 1.16 bits per heavy atom. The summed E-state index contributed by atoms with van der Waals surface area (Å²) in [5.41, 5.74) is -0.615. The topological polar surface area (TPSA) is 63.2 Å². The van der Waals surface area contributed by atoms with Crippen LogP contribution in [0, 0.1) is 0 Å². The summed E-state index contributed by atoms with van der Waals surface area (Å²) in [4.78, 5) is 22.4. The van der Waals surface area contributed by atoms with E-state index in [0.717, 1.165) is 44.9 Å². The van der Waals surface area contributed by atoms with E-state index in [1.54, 1.807) is 0 Å². The van der Waals surface area contributed by atoms with Gasteiger partial charge in [0.2, 0.25) is 0 Å². The van der Waals surface area contributed by atoms with Crippen LogP contribution in [0.1, 0.15) is 84.5 Å². The normalized spacial score (nSPS) is 13.1. The molecule has 0 aliphatic heterocycles. The molecule has 1 atom stereocenters. The Balaban J connectivity index is 0. The van der Waals surface area contributed by atoms with Gasteiger partial charge in [-0.25, -0.2) is 0 Å². The zero-order chi connectivity index (χ0) is 13.9. The van der Waals surface area contributed by atoms with Gasteiger partial charge in [-0.2, -0.15) is 0 Å². The summed E-state index contributed by atoms with van der Waals surface area (Å²) in [6.07, 6.45) is 10.8. The van der Waals surface area contributed by atoms with Gasteiger partial charge >= 0.3 is 17.1 Å². The summed E-state index contributed by atoms with van der Waals surface area (Å²) >= 11 is 0. The van der Waals surface area contributed by atoms with Crippen LogP contribution >= 0.6 is 7.60 Å². The monoisotopic (exact) mass is 332 g/mol. The van der Waals surface area contributed by atoms with Crippen molar-refractivity contribution in [3.05, 3.63) is 0 Å². The predicted octanol–water partition coefficient (Wildman–Crippen LogP) is 3.60. The van der Waals surface area contributed by atoms with E-state index in [-0.39, 0.29) is 17.1 Å². The van der Waals surface area contributed by atoms with Crippen LogP contribution in [-0.4, -0.2) is 5.66 Å². The van der Waals surface area contributed by atoms with Crippen molar-refractivity contribution in [2.45, 2.75) is 90.1 Å². The van der Waals surface area contributed by atoms with Gasteiger partial charge in [0.25, 0.3) is 0 Å². The van der Waals surface area contributed by atoms with E-state index in [1.807, 2.05) is 0 Å². The van der Waals surface area contributed by atoms with Gasteiger partial charge in [-0.3, -0.25) is 0 Å². The maximum absolute atomic E-state index is 11.2. The van der Waals surface area contributed by atoms with Gasteiger partial charge in [0.1, 0.15) is 0 Å². The molecular formula is C14H29FeO3P. The standard InChI is InChI=1S/C14H31O3P.Fe/c1-3-5-7-9-11-13-14(18(15,16)17)12-10-8-6-4-2;/h14H,3-13H2,1-2H3,(H2,15,16,17);/q;+2/p-2. The first-order valence-corrected chi connectivity index (χ1v) is 9.15. The first-order chi connectivity index (χ1) is 8.52. The summed E-state index contributed by atoms with van der Waals surface area (Å²) in [6.45, 7) is 4.28. The fraction of sp³-hybridized carbons (Fsp3) is 1.00. The van der Waals surface area contributed by atoms with Gasteiger partial charge in [0, 0.05) is 0 Å². The summed E-state index contributed by atoms with van der Waals surface area (Å²) in [5.74, 6) is 0. The Labute approximate surface area is 129 Å². The molecule has 0 aromatic heterocycles. The molecule has 0 aliphatic rings. The van der Waals surface area contributed by atoms with Crippen LogP contribution in [0.4, 0.5) is 0 Å². The summed E-state index contributed by atoms with van der Waals surface area (Å²) in [5, 5.41) is 0. The third-order valence-electron chi connectivity index (χ3n) is 3.48. The predicted molar refractivity (Wildman–Crippen MR) is 73.5 cm³/mol. The second kappa shape index (κ2) is 13.6. The Morgan fingerprint density at radius 3 is 1.53 bits per heavy atom. The van der Waals surface area contributed by atoms with Gasteiger partial charge in [0.05, 0.1) is 0 Å². The molecule has 1 unspecified atom stereocenters. The van der Waals surface area contributed by atoms with Crippen molar-refractivity contribution in [1.29, 1.82) is 0 Å². The molecule has 0 amide bonds. The SMILES string of the molecule is CCCCCCCC(CCCCCC)P(=O)([O-])[O-].[Fe+2]. The van der Waals surface area contributed by atoms with Gasteiger partial charge in [-0.05, 0) is 18.5 Å². The Morgan fingerprint density at radius 1 is 0.789 bits per heavy atom. The molecule has 0 saturated heterocycles. The largest absolute Gasteiger partial charge is 2.00 e. The van der Waals surface area contributed by atoms with Gasteiger partial charge < -0.3 is 14.4 Å². The molecule has 0 saturated carbocycles. The van der Waals surface area contributed by atoms with E-state index in [0.29, 0.717) is 12.8 Å². The molecule has 5 heteroatoms. The first kappa shape index (κ1) is 22.0. The van der Waals surface area contributed by atoms with E-state index in [9.17, 15) is 14.4 Å². The van der Waals surface area contributed by atoms with Crippen molar-refractivity contribution in [2.75, 3.05) is 0 Å². The average Bonchev–Trinajstić information content (AvgIpc) is 2.30. The summed E-state index contributed by atoms with van der Waals surface area (Å²) in [7, 11) is -4.38. The van der Waals surface area contributed by atoms with Crippen molar-refractivity contribution in [1.82, 2.24) is 0 Å². The summed E-state index contributed by atoms with van der Waals surface area (Å²) < 4.78 is 11.2. The minimum Gasteiger partial charge on any atom is -0.811 e. The van der Waals surface area contributed by atoms with Crippen LogP contribution in [0.2, 0.25) is 0 Å². The number of rotatable bonds is 12. The zero-order valence-electron chi connectivity index (χ0n) is 12.4. The minimum absolute atomic E-state index is 0. The maximum Gasteiger partial charge on any atom is 2.00 e. The average molecular weight is 332 g/mol. The van der Waals surface area contributed by atoms with Crippen molar-refractivity contribution in [3.8, 4) is 0 Å². The quantitative estimate of drug-likeness (QED) is 0.312. The third-order valence-corrected chi connectivity index (χ3v) is 4.89. The van der Waals surface area contributed by atoms with Gasteiger partial charge in [-0.1, -0.05) is 79.2 Å². The Bertz CT molecular complexity index is 231. The van der Waals surface area contributed by atoms with Crippen molar-refractivity contribution >= 4 is 7.60 Å². The number of unbranched alkanes of at least 4 members (excludes halogenated alkanes) is 7. The molecule has 0 aromatic rings. The molecular weight excluding hydrogens is 303 g/mol. The van der Waals surface area contributed by atoms with Crippen LogP contribution < -0.4 is 9.79 Å². The molecule has 0 radical (unpaired) electrons. The second-order valence-corrected chi connectivity index (χ2v) is 7.06. The molecule has 0 bridgehead atoms. The minimum atomic E-state index is -4.38. The van der Waals surface area contributed by atoms with Crippen molar-refractivity contribution in [3.63, 3.8) is 0 Å². The molecule has 0 heterocycles. The third kappa shape index (κ3) is 13.4. The molecule has 116 valence electrons. The molecule has 0 aliphatic carbocycles. The van der Waals surface area contributed by atoms with E-state index < -0.39 is 13.3 Å². The molecule has 3 nitrogen and oxygen atoms in total. The van der Waals surface area contributed by atoms with E-state index in [1.165, 1.54) is 12.8 Å². The fourth-order valence-corrected chi connectivity index (χ4v) is 3.25. The fourth-order valence-electron chi connectivity index (χ4n) is 2.25. The number of hydrogen-bond acceptors (Lipinski definition) is 3. The smallest absolute Gasteiger partial charge is 0.811 e. The van der Waals surface area contributed by atoms with Crippen LogP contribution in [0.3, 0.4) is 0 Å². The van der Waals surface area contributed by atoms with E-state index >= 15 is 0 Å². The van der Waals surface area contributed by atoms with Crippen molar-refractivity contribution < 1.29 is 31.4 Å². The van der Waals surface area contributed by atoms with Crippen LogP contribution in [-0.2, 0) is 21.6 Å². The molecule has 19 heavy (non-hydrogen) atoms. The Hall–Kier alpha value is 0.669.